The number of aliphatic hydroxyl groups excluding tert-OH is 1. The zero-order chi connectivity index (χ0) is 13.0. The van der Waals surface area contributed by atoms with E-state index >= 15 is 0 Å². The molecule has 1 atom stereocenters. The molecule has 0 spiro atoms. The standard InChI is InChI=1S/C14H22N2O2/c1-18-11-5-6-13(12(9-11)14(17)10-15)16-7-3-2-4-8-16/h5-6,9,14,17H,2-4,7-8,10,15H2,1H3. The molecule has 3 N–H and O–H groups in total. The predicted molar refractivity (Wildman–Crippen MR) is 73.1 cm³/mol. The van der Waals surface area contributed by atoms with Crippen LogP contribution in [0.3, 0.4) is 0 Å². The van der Waals surface area contributed by atoms with Crippen LogP contribution in [-0.4, -0.2) is 31.9 Å². The van der Waals surface area contributed by atoms with Crippen molar-refractivity contribution in [2.75, 3.05) is 31.6 Å². The summed E-state index contributed by atoms with van der Waals surface area (Å²) in [6.45, 7) is 2.33. The highest BCUT2D eigenvalue weighted by molar-refractivity contribution is 5.57. The van der Waals surface area contributed by atoms with Crippen LogP contribution >= 0.6 is 0 Å². The molecule has 0 aromatic heterocycles. The number of hydrogen-bond acceptors (Lipinski definition) is 4. The molecule has 1 heterocycles. The Balaban J connectivity index is 2.31. The molecule has 1 saturated heterocycles. The van der Waals surface area contributed by atoms with Gasteiger partial charge in [0.05, 0.1) is 13.2 Å². The molecule has 2 rings (SSSR count). The summed E-state index contributed by atoms with van der Waals surface area (Å²) in [5.74, 6) is 0.762. The Hall–Kier alpha value is -1.26. The summed E-state index contributed by atoms with van der Waals surface area (Å²) >= 11 is 0. The molecule has 0 radical (unpaired) electrons. The van der Waals surface area contributed by atoms with E-state index in [2.05, 4.69) is 4.90 Å². The van der Waals surface area contributed by atoms with Gasteiger partial charge in [-0.3, -0.25) is 0 Å². The van der Waals surface area contributed by atoms with Gasteiger partial charge < -0.3 is 20.5 Å². The van der Waals surface area contributed by atoms with Gasteiger partial charge in [0.2, 0.25) is 0 Å². The van der Waals surface area contributed by atoms with Crippen LogP contribution in [0.25, 0.3) is 0 Å². The van der Waals surface area contributed by atoms with Crippen molar-refractivity contribution in [2.45, 2.75) is 25.4 Å². The summed E-state index contributed by atoms with van der Waals surface area (Å²) < 4.78 is 5.22. The molecule has 0 bridgehead atoms. The van der Waals surface area contributed by atoms with Gasteiger partial charge in [0.1, 0.15) is 5.75 Å². The van der Waals surface area contributed by atoms with Crippen molar-refractivity contribution in [3.8, 4) is 5.75 Å². The highest BCUT2D eigenvalue weighted by atomic mass is 16.5. The van der Waals surface area contributed by atoms with Gasteiger partial charge in [-0.25, -0.2) is 0 Å². The van der Waals surface area contributed by atoms with Crippen molar-refractivity contribution >= 4 is 5.69 Å². The van der Waals surface area contributed by atoms with Crippen molar-refractivity contribution in [1.29, 1.82) is 0 Å². The third-order valence-corrected chi connectivity index (χ3v) is 3.51. The van der Waals surface area contributed by atoms with Crippen LogP contribution in [0.4, 0.5) is 5.69 Å². The van der Waals surface area contributed by atoms with Gasteiger partial charge in [-0.2, -0.15) is 0 Å². The van der Waals surface area contributed by atoms with Crippen LogP contribution in [0.15, 0.2) is 18.2 Å². The Morgan fingerprint density at radius 2 is 2.06 bits per heavy atom. The van der Waals surface area contributed by atoms with E-state index in [1.165, 1.54) is 19.3 Å². The third-order valence-electron chi connectivity index (χ3n) is 3.51. The van der Waals surface area contributed by atoms with E-state index in [0.29, 0.717) is 0 Å². The molecule has 1 aliphatic heterocycles. The summed E-state index contributed by atoms with van der Waals surface area (Å²) in [5.41, 5.74) is 7.55. The Morgan fingerprint density at radius 3 is 2.67 bits per heavy atom. The summed E-state index contributed by atoms with van der Waals surface area (Å²) in [6.07, 6.45) is 3.09. The van der Waals surface area contributed by atoms with Gasteiger partial charge in [0, 0.05) is 30.9 Å². The van der Waals surface area contributed by atoms with E-state index in [0.717, 1.165) is 30.1 Å². The van der Waals surface area contributed by atoms with Gasteiger partial charge in [-0.1, -0.05) is 0 Å². The fourth-order valence-corrected chi connectivity index (χ4v) is 2.48. The van der Waals surface area contributed by atoms with Gasteiger partial charge in [-0.05, 0) is 37.5 Å². The van der Waals surface area contributed by atoms with Crippen LogP contribution in [0.1, 0.15) is 30.9 Å². The number of piperidine rings is 1. The minimum absolute atomic E-state index is 0.230. The van der Waals surface area contributed by atoms with E-state index in [4.69, 9.17) is 10.5 Å². The number of hydrogen-bond donors (Lipinski definition) is 2. The number of methoxy groups -OCH3 is 1. The highest BCUT2D eigenvalue weighted by Crippen LogP contribution is 2.31. The molecule has 0 amide bonds. The normalized spacial score (nSPS) is 17.6. The average Bonchev–Trinajstić information content (AvgIpc) is 2.46. The lowest BCUT2D eigenvalue weighted by Gasteiger charge is -2.31. The zero-order valence-electron chi connectivity index (χ0n) is 10.9. The van der Waals surface area contributed by atoms with Gasteiger partial charge >= 0.3 is 0 Å². The molecule has 1 fully saturated rings. The van der Waals surface area contributed by atoms with E-state index in [1.807, 2.05) is 18.2 Å². The molecule has 100 valence electrons. The first-order chi connectivity index (χ1) is 8.76. The predicted octanol–water partition coefficient (Wildman–Crippen LogP) is 1.68. The number of ether oxygens (including phenoxy) is 1. The quantitative estimate of drug-likeness (QED) is 0.853. The summed E-state index contributed by atoms with van der Waals surface area (Å²) in [4.78, 5) is 2.33. The SMILES string of the molecule is COc1ccc(N2CCCCC2)c(C(O)CN)c1. The minimum Gasteiger partial charge on any atom is -0.497 e. The number of aliphatic hydroxyl groups is 1. The first-order valence-corrected chi connectivity index (χ1v) is 6.57. The van der Waals surface area contributed by atoms with E-state index in [9.17, 15) is 5.11 Å². The molecule has 4 heteroatoms. The maximum atomic E-state index is 10.1. The lowest BCUT2D eigenvalue weighted by Crippen LogP contribution is -2.31. The van der Waals surface area contributed by atoms with Gasteiger partial charge in [-0.15, -0.1) is 0 Å². The first-order valence-electron chi connectivity index (χ1n) is 6.57. The Bertz CT molecular complexity index is 389. The number of anilines is 1. The van der Waals surface area contributed by atoms with Crippen molar-refractivity contribution in [3.63, 3.8) is 0 Å². The molecule has 4 nitrogen and oxygen atoms in total. The van der Waals surface area contributed by atoms with E-state index in [-0.39, 0.29) is 6.54 Å². The smallest absolute Gasteiger partial charge is 0.119 e. The Labute approximate surface area is 108 Å². The van der Waals surface area contributed by atoms with Crippen LogP contribution in [0, 0.1) is 0 Å². The van der Waals surface area contributed by atoms with Crippen LogP contribution in [0.5, 0.6) is 5.75 Å². The number of rotatable bonds is 4. The Kier molecular flexibility index (Phi) is 4.44. The fraction of sp³-hybridized carbons (Fsp3) is 0.571. The number of nitrogens with zero attached hydrogens (tertiary/aromatic N) is 1. The van der Waals surface area contributed by atoms with Crippen molar-refractivity contribution in [1.82, 2.24) is 0 Å². The largest absolute Gasteiger partial charge is 0.497 e. The molecule has 1 aromatic carbocycles. The minimum atomic E-state index is -0.628. The van der Waals surface area contributed by atoms with Crippen molar-refractivity contribution in [3.05, 3.63) is 23.8 Å². The zero-order valence-corrected chi connectivity index (χ0v) is 10.9. The first kappa shape index (κ1) is 13.2. The third kappa shape index (κ3) is 2.76. The lowest BCUT2D eigenvalue weighted by atomic mass is 10.0. The van der Waals surface area contributed by atoms with E-state index in [1.54, 1.807) is 7.11 Å². The van der Waals surface area contributed by atoms with Crippen molar-refractivity contribution < 1.29 is 9.84 Å². The second kappa shape index (κ2) is 6.07. The molecular formula is C14H22N2O2. The van der Waals surface area contributed by atoms with Gasteiger partial charge in [0.15, 0.2) is 0 Å². The molecule has 1 aliphatic rings. The summed E-state index contributed by atoms with van der Waals surface area (Å²) in [6, 6.07) is 5.86. The topological polar surface area (TPSA) is 58.7 Å². The molecular weight excluding hydrogens is 228 g/mol. The molecule has 1 unspecified atom stereocenters. The van der Waals surface area contributed by atoms with Crippen molar-refractivity contribution in [2.24, 2.45) is 5.73 Å². The maximum absolute atomic E-state index is 10.1. The molecule has 1 aromatic rings. The maximum Gasteiger partial charge on any atom is 0.119 e. The molecule has 0 aliphatic carbocycles. The highest BCUT2D eigenvalue weighted by Gasteiger charge is 2.18. The van der Waals surface area contributed by atoms with Crippen LogP contribution in [0.2, 0.25) is 0 Å². The van der Waals surface area contributed by atoms with Crippen LogP contribution in [-0.2, 0) is 0 Å². The van der Waals surface area contributed by atoms with Crippen LogP contribution < -0.4 is 15.4 Å². The summed E-state index contributed by atoms with van der Waals surface area (Å²) in [5, 5.41) is 10.1. The summed E-state index contributed by atoms with van der Waals surface area (Å²) in [7, 11) is 1.63. The lowest BCUT2D eigenvalue weighted by molar-refractivity contribution is 0.186. The second-order valence-corrected chi connectivity index (χ2v) is 4.72. The fourth-order valence-electron chi connectivity index (χ4n) is 2.48. The average molecular weight is 250 g/mol. The second-order valence-electron chi connectivity index (χ2n) is 4.72. The number of nitrogens with two attached hydrogens (primary N) is 1. The monoisotopic (exact) mass is 250 g/mol. The Morgan fingerprint density at radius 1 is 1.33 bits per heavy atom. The number of benzene rings is 1. The molecule has 18 heavy (non-hydrogen) atoms. The van der Waals surface area contributed by atoms with Gasteiger partial charge in [0.25, 0.3) is 0 Å². The molecule has 0 saturated carbocycles. The van der Waals surface area contributed by atoms with E-state index < -0.39 is 6.10 Å².